The van der Waals surface area contributed by atoms with Crippen LogP contribution in [0.25, 0.3) is 0 Å². The summed E-state index contributed by atoms with van der Waals surface area (Å²) in [6.07, 6.45) is 2.21. The normalized spacial score (nSPS) is 20.4. The average molecular weight is 474 g/mol. The molecule has 0 radical (unpaired) electrons. The standard InChI is InChI=1S/C25H29F2N3O4/c1-30-14-21(28-13-18-5-3-7-22-24(18)34-15-33-22)6-2-4-17(10-23(30)31)25(32)29-12-16-8-19(26)11-20(27)9-16/h3,5,7-9,11,17,21,28H,2,4,6,10,12-15H2,1H3,(H,29,32). The molecular formula is C25H29F2N3O4. The molecule has 2 N–H and O–H groups in total. The number of amides is 2. The first kappa shape index (κ1) is 23.9. The molecule has 0 saturated carbocycles. The molecule has 1 saturated heterocycles. The highest BCUT2D eigenvalue weighted by Crippen LogP contribution is 2.35. The number of nitrogens with one attached hydrogen (secondary N) is 2. The van der Waals surface area contributed by atoms with E-state index in [2.05, 4.69) is 10.6 Å². The highest BCUT2D eigenvalue weighted by atomic mass is 19.1. The van der Waals surface area contributed by atoms with Gasteiger partial charge < -0.3 is 25.0 Å². The number of benzene rings is 2. The first-order chi connectivity index (χ1) is 16.4. The Morgan fingerprint density at radius 2 is 1.91 bits per heavy atom. The monoisotopic (exact) mass is 473 g/mol. The number of hydrogen-bond acceptors (Lipinski definition) is 5. The number of fused-ring (bicyclic) bond motifs is 1. The quantitative estimate of drug-likeness (QED) is 0.674. The van der Waals surface area contributed by atoms with Crippen molar-refractivity contribution in [2.75, 3.05) is 20.4 Å². The van der Waals surface area contributed by atoms with Crippen LogP contribution in [0.15, 0.2) is 36.4 Å². The lowest BCUT2D eigenvalue weighted by molar-refractivity contribution is -0.135. The fourth-order valence-corrected chi connectivity index (χ4v) is 4.42. The van der Waals surface area contributed by atoms with Crippen LogP contribution in [-0.2, 0) is 22.7 Å². The molecule has 0 spiro atoms. The van der Waals surface area contributed by atoms with Crippen LogP contribution >= 0.6 is 0 Å². The number of nitrogens with zero attached hydrogens (tertiary/aromatic N) is 1. The Kier molecular flexibility index (Phi) is 7.62. The van der Waals surface area contributed by atoms with Crippen LogP contribution in [0.1, 0.15) is 36.8 Å². The number of rotatable bonds is 6. The number of carbonyl (C=O) groups is 2. The van der Waals surface area contributed by atoms with Crippen LogP contribution in [0.3, 0.4) is 0 Å². The molecule has 1 fully saturated rings. The fourth-order valence-electron chi connectivity index (χ4n) is 4.42. The fraction of sp³-hybridized carbons (Fsp3) is 0.440. The first-order valence-electron chi connectivity index (χ1n) is 11.5. The molecule has 2 heterocycles. The molecule has 2 unspecified atom stereocenters. The van der Waals surface area contributed by atoms with E-state index in [9.17, 15) is 18.4 Å². The van der Waals surface area contributed by atoms with Gasteiger partial charge in [0.2, 0.25) is 18.6 Å². The molecule has 0 aromatic heterocycles. The van der Waals surface area contributed by atoms with Crippen molar-refractivity contribution in [2.45, 2.75) is 44.8 Å². The Bertz CT molecular complexity index is 1030. The summed E-state index contributed by atoms with van der Waals surface area (Å²) in [5, 5.41) is 6.24. The van der Waals surface area contributed by atoms with Crippen LogP contribution in [0.4, 0.5) is 8.78 Å². The van der Waals surface area contributed by atoms with Gasteiger partial charge in [-0.3, -0.25) is 9.59 Å². The summed E-state index contributed by atoms with van der Waals surface area (Å²) in [5.41, 5.74) is 1.33. The third kappa shape index (κ3) is 6.02. The molecule has 2 aromatic rings. The number of hydrogen-bond donors (Lipinski definition) is 2. The smallest absolute Gasteiger partial charge is 0.231 e. The van der Waals surface area contributed by atoms with Crippen molar-refractivity contribution in [3.05, 3.63) is 59.2 Å². The zero-order chi connectivity index (χ0) is 24.1. The summed E-state index contributed by atoms with van der Waals surface area (Å²) in [6, 6.07) is 8.98. The van der Waals surface area contributed by atoms with Crippen molar-refractivity contribution in [3.63, 3.8) is 0 Å². The summed E-state index contributed by atoms with van der Waals surface area (Å²) in [4.78, 5) is 27.2. The van der Waals surface area contributed by atoms with Gasteiger partial charge in [-0.25, -0.2) is 8.78 Å². The number of halogens is 2. The second-order valence-electron chi connectivity index (χ2n) is 8.83. The molecular weight excluding hydrogens is 444 g/mol. The van der Waals surface area contributed by atoms with Gasteiger partial charge in [-0.1, -0.05) is 18.6 Å². The first-order valence-corrected chi connectivity index (χ1v) is 11.5. The molecule has 182 valence electrons. The summed E-state index contributed by atoms with van der Waals surface area (Å²) < 4.78 is 37.8. The van der Waals surface area contributed by atoms with Gasteiger partial charge in [0.05, 0.1) is 0 Å². The Balaban J connectivity index is 1.33. The van der Waals surface area contributed by atoms with Gasteiger partial charge in [-0.15, -0.1) is 0 Å². The highest BCUT2D eigenvalue weighted by Gasteiger charge is 2.27. The van der Waals surface area contributed by atoms with E-state index in [0.717, 1.165) is 36.0 Å². The largest absolute Gasteiger partial charge is 0.454 e. The van der Waals surface area contributed by atoms with Crippen LogP contribution in [0.5, 0.6) is 11.5 Å². The number of para-hydroxylation sites is 1. The zero-order valence-electron chi connectivity index (χ0n) is 19.1. The molecule has 9 heteroatoms. The molecule has 4 rings (SSSR count). The molecule has 2 aliphatic heterocycles. The molecule has 2 atom stereocenters. The number of carbonyl (C=O) groups excluding carboxylic acids is 2. The van der Waals surface area contributed by atoms with Gasteiger partial charge in [-0.05, 0) is 36.6 Å². The lowest BCUT2D eigenvalue weighted by Crippen LogP contribution is -2.41. The highest BCUT2D eigenvalue weighted by molar-refractivity contribution is 5.85. The minimum Gasteiger partial charge on any atom is -0.454 e. The second-order valence-corrected chi connectivity index (χ2v) is 8.83. The third-order valence-corrected chi connectivity index (χ3v) is 6.27. The summed E-state index contributed by atoms with van der Waals surface area (Å²) >= 11 is 0. The van der Waals surface area contributed by atoms with E-state index in [1.807, 2.05) is 18.2 Å². The van der Waals surface area contributed by atoms with Crippen LogP contribution in [-0.4, -0.2) is 43.1 Å². The predicted molar refractivity (Wildman–Crippen MR) is 121 cm³/mol. The summed E-state index contributed by atoms with van der Waals surface area (Å²) in [6.45, 7) is 1.32. The molecule has 2 amide bonds. The van der Waals surface area contributed by atoms with E-state index in [-0.39, 0.29) is 37.6 Å². The number of likely N-dealkylation sites (N-methyl/N-ethyl adjacent to an activating group) is 1. The van der Waals surface area contributed by atoms with E-state index in [1.165, 1.54) is 12.1 Å². The van der Waals surface area contributed by atoms with Gasteiger partial charge >= 0.3 is 0 Å². The predicted octanol–water partition coefficient (Wildman–Crippen LogP) is 3.12. The van der Waals surface area contributed by atoms with Gasteiger partial charge in [0.25, 0.3) is 0 Å². The van der Waals surface area contributed by atoms with E-state index < -0.39 is 17.6 Å². The molecule has 7 nitrogen and oxygen atoms in total. The molecule has 2 aromatic carbocycles. The van der Waals surface area contributed by atoms with Crippen LogP contribution in [0.2, 0.25) is 0 Å². The van der Waals surface area contributed by atoms with E-state index in [4.69, 9.17) is 9.47 Å². The molecule has 0 aliphatic carbocycles. The Labute approximate surface area is 197 Å². The van der Waals surface area contributed by atoms with E-state index in [0.29, 0.717) is 25.1 Å². The zero-order valence-corrected chi connectivity index (χ0v) is 19.1. The molecule has 0 bridgehead atoms. The minimum atomic E-state index is -0.693. The van der Waals surface area contributed by atoms with E-state index >= 15 is 0 Å². The summed E-state index contributed by atoms with van der Waals surface area (Å²) in [7, 11) is 1.74. The van der Waals surface area contributed by atoms with Crippen molar-refractivity contribution >= 4 is 11.8 Å². The average Bonchev–Trinajstić information content (AvgIpc) is 3.30. The van der Waals surface area contributed by atoms with E-state index in [1.54, 1.807) is 11.9 Å². The Morgan fingerprint density at radius 3 is 2.71 bits per heavy atom. The SMILES string of the molecule is CN1CC(NCc2cccc3c2OCO3)CCCC(C(=O)NCc2cc(F)cc(F)c2)CC1=O. The minimum absolute atomic E-state index is 0.00536. The summed E-state index contributed by atoms with van der Waals surface area (Å²) in [5.74, 6) is -0.788. The Morgan fingerprint density at radius 1 is 1.12 bits per heavy atom. The molecule has 2 aliphatic rings. The Hall–Kier alpha value is -3.20. The van der Waals surface area contributed by atoms with Crippen molar-refractivity contribution in [1.82, 2.24) is 15.5 Å². The maximum absolute atomic E-state index is 13.4. The van der Waals surface area contributed by atoms with Crippen molar-refractivity contribution in [2.24, 2.45) is 5.92 Å². The maximum Gasteiger partial charge on any atom is 0.231 e. The van der Waals surface area contributed by atoms with Gasteiger partial charge in [-0.2, -0.15) is 0 Å². The van der Waals surface area contributed by atoms with Gasteiger partial charge in [0.15, 0.2) is 11.5 Å². The lowest BCUT2D eigenvalue weighted by atomic mass is 9.96. The van der Waals surface area contributed by atoms with Crippen LogP contribution in [0, 0.1) is 17.6 Å². The van der Waals surface area contributed by atoms with Crippen molar-refractivity contribution in [1.29, 1.82) is 0 Å². The number of ether oxygens (including phenoxy) is 2. The van der Waals surface area contributed by atoms with Crippen molar-refractivity contribution in [3.8, 4) is 11.5 Å². The van der Waals surface area contributed by atoms with Gasteiger partial charge in [0, 0.05) is 56.7 Å². The van der Waals surface area contributed by atoms with Crippen molar-refractivity contribution < 1.29 is 27.8 Å². The third-order valence-electron chi connectivity index (χ3n) is 6.27. The maximum atomic E-state index is 13.4. The molecule has 34 heavy (non-hydrogen) atoms. The topological polar surface area (TPSA) is 79.9 Å². The van der Waals surface area contributed by atoms with Gasteiger partial charge in [0.1, 0.15) is 11.6 Å². The van der Waals surface area contributed by atoms with Crippen LogP contribution < -0.4 is 20.1 Å². The lowest BCUT2D eigenvalue weighted by Gasteiger charge is -2.24. The second kappa shape index (κ2) is 10.8.